The van der Waals surface area contributed by atoms with Gasteiger partial charge in [0.15, 0.2) is 0 Å². The number of hydrogen-bond donors (Lipinski definition) is 1. The minimum Gasteiger partial charge on any atom is -0.396 e. The van der Waals surface area contributed by atoms with Crippen molar-refractivity contribution in [2.75, 3.05) is 6.61 Å². The topological polar surface area (TPSA) is 20.2 Å². The van der Waals surface area contributed by atoms with Crippen molar-refractivity contribution in [3.8, 4) is 0 Å². The van der Waals surface area contributed by atoms with Gasteiger partial charge in [0.1, 0.15) is 7.85 Å². The van der Waals surface area contributed by atoms with Gasteiger partial charge in [-0.25, -0.2) is 0 Å². The normalized spacial score (nSPS) is 25.9. The highest BCUT2D eigenvalue weighted by Crippen LogP contribution is 2.13. The van der Waals surface area contributed by atoms with Crippen LogP contribution in [0.25, 0.3) is 0 Å². The van der Waals surface area contributed by atoms with Gasteiger partial charge >= 0.3 is 0 Å². The van der Waals surface area contributed by atoms with Crippen molar-refractivity contribution in [2.24, 2.45) is 5.92 Å². The average molecular weight is 120 g/mol. The first-order valence-electron chi connectivity index (χ1n) is 3.07. The highest BCUT2D eigenvalue weighted by atomic mass is 16.3. The van der Waals surface area contributed by atoms with Gasteiger partial charge in [-0.15, -0.1) is 5.47 Å². The Kier molecular flexibility index (Phi) is 2.12. The fourth-order valence-corrected chi connectivity index (χ4v) is 0.902. The molecule has 1 atom stereocenters. The third-order valence-electron chi connectivity index (χ3n) is 1.41. The molecule has 1 aliphatic carbocycles. The molecule has 1 rings (SSSR count). The van der Waals surface area contributed by atoms with Crippen LogP contribution in [0.2, 0.25) is 0 Å². The van der Waals surface area contributed by atoms with Crippen molar-refractivity contribution in [3.05, 3.63) is 23.7 Å². The van der Waals surface area contributed by atoms with Crippen LogP contribution < -0.4 is 0 Å². The van der Waals surface area contributed by atoms with Crippen molar-refractivity contribution in [2.45, 2.75) is 6.42 Å². The van der Waals surface area contributed by atoms with Crippen LogP contribution in [-0.2, 0) is 0 Å². The molecule has 1 unspecified atom stereocenters. The van der Waals surface area contributed by atoms with E-state index in [0.717, 1.165) is 11.9 Å². The number of aliphatic hydroxyl groups excluding tert-OH is 1. The van der Waals surface area contributed by atoms with Crippen LogP contribution in [0.3, 0.4) is 0 Å². The summed E-state index contributed by atoms with van der Waals surface area (Å²) in [6.45, 7) is 0.199. The van der Waals surface area contributed by atoms with Gasteiger partial charge in [0.25, 0.3) is 0 Å². The SMILES string of the molecule is [B]C1=CC(CO)CC=C1. The van der Waals surface area contributed by atoms with Crippen LogP contribution >= 0.6 is 0 Å². The molecule has 0 spiro atoms. The summed E-state index contributed by atoms with van der Waals surface area (Å²) in [6, 6.07) is 0. The lowest BCUT2D eigenvalue weighted by atomic mass is 9.86. The molecular weight excluding hydrogens is 111 g/mol. The second kappa shape index (κ2) is 2.88. The minimum absolute atomic E-state index is 0.199. The molecule has 0 amide bonds. The predicted octanol–water partition coefficient (Wildman–Crippen LogP) is 0.607. The number of rotatable bonds is 1. The molecule has 1 N–H and O–H groups in total. The van der Waals surface area contributed by atoms with E-state index in [1.165, 1.54) is 0 Å². The van der Waals surface area contributed by atoms with Crippen molar-refractivity contribution < 1.29 is 5.11 Å². The Labute approximate surface area is 56.5 Å². The highest BCUT2D eigenvalue weighted by Gasteiger charge is 2.03. The summed E-state index contributed by atoms with van der Waals surface area (Å²) < 4.78 is 0. The fourth-order valence-electron chi connectivity index (χ4n) is 0.902. The van der Waals surface area contributed by atoms with E-state index in [0.29, 0.717) is 0 Å². The molecule has 1 aliphatic rings. The molecule has 0 aliphatic heterocycles. The van der Waals surface area contributed by atoms with Gasteiger partial charge in [0.05, 0.1) is 0 Å². The number of allylic oxidation sites excluding steroid dienone is 3. The lowest BCUT2D eigenvalue weighted by Gasteiger charge is -2.10. The van der Waals surface area contributed by atoms with Crippen LogP contribution in [-0.4, -0.2) is 19.6 Å². The largest absolute Gasteiger partial charge is 0.396 e. The van der Waals surface area contributed by atoms with Gasteiger partial charge in [-0.1, -0.05) is 18.2 Å². The maximum atomic E-state index is 8.67. The Hall–Kier alpha value is -0.495. The highest BCUT2D eigenvalue weighted by molar-refractivity contribution is 6.23. The zero-order valence-electron chi connectivity index (χ0n) is 5.25. The van der Waals surface area contributed by atoms with Crippen LogP contribution in [0.5, 0.6) is 0 Å². The Bertz CT molecular complexity index is 149. The summed E-state index contributed by atoms with van der Waals surface area (Å²) in [6.07, 6.45) is 6.65. The third-order valence-corrected chi connectivity index (χ3v) is 1.41. The van der Waals surface area contributed by atoms with E-state index >= 15 is 0 Å². The minimum atomic E-state index is 0.199. The van der Waals surface area contributed by atoms with E-state index in [2.05, 4.69) is 0 Å². The standard InChI is InChI=1S/C7H9BO/c8-7-3-1-2-6(4-7)5-9/h1,3-4,6,9H,2,5H2. The van der Waals surface area contributed by atoms with Gasteiger partial charge in [-0.05, 0) is 6.42 Å². The Morgan fingerprint density at radius 2 is 2.56 bits per heavy atom. The fraction of sp³-hybridized carbons (Fsp3) is 0.429. The summed E-state index contributed by atoms with van der Waals surface area (Å²) >= 11 is 0. The lowest BCUT2D eigenvalue weighted by molar-refractivity contribution is 0.253. The van der Waals surface area contributed by atoms with E-state index in [4.69, 9.17) is 13.0 Å². The second-order valence-electron chi connectivity index (χ2n) is 2.25. The molecule has 0 aromatic carbocycles. The zero-order valence-corrected chi connectivity index (χ0v) is 5.25. The molecule has 9 heavy (non-hydrogen) atoms. The first kappa shape index (κ1) is 6.62. The van der Waals surface area contributed by atoms with E-state index in [1.54, 1.807) is 0 Å². The molecule has 46 valence electrons. The first-order valence-corrected chi connectivity index (χ1v) is 3.07. The first-order chi connectivity index (χ1) is 4.33. The molecule has 0 bridgehead atoms. The van der Waals surface area contributed by atoms with Crippen LogP contribution in [0.15, 0.2) is 23.7 Å². The Morgan fingerprint density at radius 1 is 1.78 bits per heavy atom. The Morgan fingerprint density at radius 3 is 3.00 bits per heavy atom. The molecular formula is C7H9BO. The molecule has 2 radical (unpaired) electrons. The second-order valence-corrected chi connectivity index (χ2v) is 2.25. The monoisotopic (exact) mass is 120 g/mol. The van der Waals surface area contributed by atoms with Gasteiger partial charge in [-0.3, -0.25) is 0 Å². The van der Waals surface area contributed by atoms with Gasteiger partial charge in [-0.2, -0.15) is 0 Å². The quantitative estimate of drug-likeness (QED) is 0.502. The van der Waals surface area contributed by atoms with Crippen molar-refractivity contribution in [1.29, 1.82) is 0 Å². The molecule has 0 saturated heterocycles. The molecule has 0 saturated carbocycles. The molecule has 0 heterocycles. The molecule has 2 heteroatoms. The molecule has 0 aromatic heterocycles. The van der Waals surface area contributed by atoms with Crippen molar-refractivity contribution >= 4 is 7.85 Å². The third kappa shape index (κ3) is 1.72. The average Bonchev–Trinajstić information content (AvgIpc) is 1.88. The van der Waals surface area contributed by atoms with Crippen molar-refractivity contribution in [3.63, 3.8) is 0 Å². The van der Waals surface area contributed by atoms with Crippen LogP contribution in [0, 0.1) is 5.92 Å². The number of hydrogen-bond acceptors (Lipinski definition) is 1. The van der Waals surface area contributed by atoms with Gasteiger partial charge < -0.3 is 5.11 Å². The summed E-state index contributed by atoms with van der Waals surface area (Å²) in [5.41, 5.74) is 0.764. The lowest BCUT2D eigenvalue weighted by Crippen LogP contribution is -2.04. The maximum Gasteiger partial charge on any atom is 0.113 e. The summed E-state index contributed by atoms with van der Waals surface area (Å²) in [5, 5.41) is 8.67. The summed E-state index contributed by atoms with van der Waals surface area (Å²) in [7, 11) is 5.46. The van der Waals surface area contributed by atoms with Crippen molar-refractivity contribution in [1.82, 2.24) is 0 Å². The smallest absolute Gasteiger partial charge is 0.113 e. The maximum absolute atomic E-state index is 8.67. The van der Waals surface area contributed by atoms with Crippen LogP contribution in [0.4, 0.5) is 0 Å². The van der Waals surface area contributed by atoms with Gasteiger partial charge in [0.2, 0.25) is 0 Å². The predicted molar refractivity (Wildman–Crippen MR) is 38.2 cm³/mol. The molecule has 1 nitrogen and oxygen atoms in total. The van der Waals surface area contributed by atoms with Gasteiger partial charge in [0, 0.05) is 12.5 Å². The van der Waals surface area contributed by atoms with E-state index in [9.17, 15) is 0 Å². The van der Waals surface area contributed by atoms with E-state index < -0.39 is 0 Å². The van der Waals surface area contributed by atoms with E-state index in [1.807, 2.05) is 18.2 Å². The summed E-state index contributed by atoms with van der Waals surface area (Å²) in [5.74, 6) is 0.245. The number of aliphatic hydroxyl groups is 1. The molecule has 0 aromatic rings. The zero-order chi connectivity index (χ0) is 6.69. The summed E-state index contributed by atoms with van der Waals surface area (Å²) in [4.78, 5) is 0. The molecule has 0 fully saturated rings. The van der Waals surface area contributed by atoms with Crippen LogP contribution in [0.1, 0.15) is 6.42 Å². The Balaban J connectivity index is 2.55. The van der Waals surface area contributed by atoms with E-state index in [-0.39, 0.29) is 12.5 Å².